The van der Waals surface area contributed by atoms with E-state index in [-0.39, 0.29) is 0 Å². The topological polar surface area (TPSA) is 64.7 Å². The lowest BCUT2D eigenvalue weighted by molar-refractivity contribution is -0.119. The van der Waals surface area contributed by atoms with Gasteiger partial charge in [0.1, 0.15) is 17.4 Å². The number of aryl methyl sites for hydroxylation is 1. The fourth-order valence-corrected chi connectivity index (χ4v) is 2.34. The van der Waals surface area contributed by atoms with Gasteiger partial charge in [0.15, 0.2) is 0 Å². The summed E-state index contributed by atoms with van der Waals surface area (Å²) in [5.41, 5.74) is -0.890. The molecule has 0 aliphatic carbocycles. The van der Waals surface area contributed by atoms with Crippen LogP contribution >= 0.6 is 11.6 Å². The molecule has 24 heavy (non-hydrogen) atoms. The van der Waals surface area contributed by atoms with Crippen molar-refractivity contribution >= 4 is 23.2 Å². The molecule has 11 heteroatoms. The second-order valence-corrected chi connectivity index (χ2v) is 5.44. The first-order valence-electron chi connectivity index (χ1n) is 6.78. The summed E-state index contributed by atoms with van der Waals surface area (Å²) in [6, 6.07) is -1.28. The van der Waals surface area contributed by atoms with Crippen LogP contribution < -0.4 is 5.32 Å². The number of anilines is 1. The lowest BCUT2D eigenvalue weighted by Crippen LogP contribution is -2.26. The highest BCUT2D eigenvalue weighted by Gasteiger charge is 2.32. The van der Waals surface area contributed by atoms with E-state index >= 15 is 0 Å². The molecular formula is C13H14ClF4N5O. The van der Waals surface area contributed by atoms with Crippen molar-refractivity contribution in [2.75, 3.05) is 5.32 Å². The van der Waals surface area contributed by atoms with Gasteiger partial charge in [-0.3, -0.25) is 9.48 Å². The molecule has 0 radical (unpaired) electrons. The summed E-state index contributed by atoms with van der Waals surface area (Å²) in [6.45, 7) is 2.95. The minimum Gasteiger partial charge on any atom is -0.321 e. The predicted octanol–water partition coefficient (Wildman–Crippen LogP) is 3.65. The van der Waals surface area contributed by atoms with Gasteiger partial charge in [0.25, 0.3) is 12.9 Å². The summed E-state index contributed by atoms with van der Waals surface area (Å²) in [5.74, 6) is -0.715. The molecule has 1 N–H and O–H groups in total. The van der Waals surface area contributed by atoms with E-state index in [1.807, 2.05) is 0 Å². The number of alkyl halides is 4. The van der Waals surface area contributed by atoms with Crippen LogP contribution in [0.15, 0.2) is 6.20 Å². The number of amides is 1. The van der Waals surface area contributed by atoms with Crippen molar-refractivity contribution in [2.45, 2.75) is 32.7 Å². The highest BCUT2D eigenvalue weighted by atomic mass is 35.5. The third kappa shape index (κ3) is 3.23. The molecule has 2 heterocycles. The van der Waals surface area contributed by atoms with Crippen molar-refractivity contribution in [2.24, 2.45) is 7.05 Å². The monoisotopic (exact) mass is 367 g/mol. The van der Waals surface area contributed by atoms with E-state index in [9.17, 15) is 22.4 Å². The first-order chi connectivity index (χ1) is 11.1. The Bertz CT molecular complexity index is 758. The van der Waals surface area contributed by atoms with Gasteiger partial charge in [0, 0.05) is 7.05 Å². The molecule has 1 atom stereocenters. The van der Waals surface area contributed by atoms with Crippen LogP contribution in [0.1, 0.15) is 42.9 Å². The van der Waals surface area contributed by atoms with E-state index in [1.54, 1.807) is 14.0 Å². The molecule has 0 bridgehead atoms. The highest BCUT2D eigenvalue weighted by molar-refractivity contribution is 6.32. The zero-order valence-electron chi connectivity index (χ0n) is 12.9. The van der Waals surface area contributed by atoms with Crippen molar-refractivity contribution in [1.82, 2.24) is 19.6 Å². The largest absolute Gasteiger partial charge is 0.321 e. The number of hydrogen-bond donors (Lipinski definition) is 1. The molecule has 0 spiro atoms. The van der Waals surface area contributed by atoms with Gasteiger partial charge in [-0.1, -0.05) is 11.6 Å². The van der Waals surface area contributed by atoms with Gasteiger partial charge in [0.2, 0.25) is 5.91 Å². The SMILES string of the molecule is Cc1c(NC(=O)C(C)n2nc(C(F)F)c(Cl)c2C(F)F)cnn1C. The predicted molar refractivity (Wildman–Crippen MR) is 78.4 cm³/mol. The van der Waals surface area contributed by atoms with Crippen LogP contribution in [0.2, 0.25) is 5.02 Å². The standard InChI is InChI=1S/C13H14ClF4N5O/c1-5-7(4-19-22(5)3)20-13(24)6(2)23-10(12(17)18)8(14)9(21-23)11(15)16/h4,6,11-12H,1-3H3,(H,20,24). The molecule has 1 unspecified atom stereocenters. The molecule has 2 aromatic rings. The van der Waals surface area contributed by atoms with Crippen LogP contribution in [-0.2, 0) is 11.8 Å². The first kappa shape index (κ1) is 18.2. The average Bonchev–Trinajstić information content (AvgIpc) is 3.01. The summed E-state index contributed by atoms with van der Waals surface area (Å²) < 4.78 is 54.0. The van der Waals surface area contributed by atoms with Crippen LogP contribution in [0.5, 0.6) is 0 Å². The zero-order valence-corrected chi connectivity index (χ0v) is 13.7. The maximum atomic E-state index is 13.1. The second kappa shape index (κ2) is 6.80. The lowest BCUT2D eigenvalue weighted by Gasteiger charge is -2.15. The maximum Gasteiger partial charge on any atom is 0.283 e. The van der Waals surface area contributed by atoms with Crippen LogP contribution in [0, 0.1) is 6.92 Å². The number of halogens is 5. The van der Waals surface area contributed by atoms with Crippen molar-refractivity contribution < 1.29 is 22.4 Å². The third-order valence-electron chi connectivity index (χ3n) is 3.56. The summed E-state index contributed by atoms with van der Waals surface area (Å²) >= 11 is 5.57. The quantitative estimate of drug-likeness (QED) is 0.820. The molecule has 0 fully saturated rings. The summed E-state index contributed by atoms with van der Waals surface area (Å²) in [5, 5.41) is 8.98. The number of nitrogens with zero attached hydrogens (tertiary/aromatic N) is 4. The van der Waals surface area contributed by atoms with Crippen molar-refractivity contribution in [1.29, 1.82) is 0 Å². The van der Waals surface area contributed by atoms with E-state index in [2.05, 4.69) is 15.5 Å². The van der Waals surface area contributed by atoms with Crippen LogP contribution in [0.3, 0.4) is 0 Å². The number of aromatic nitrogens is 4. The van der Waals surface area contributed by atoms with Gasteiger partial charge in [0.05, 0.1) is 22.6 Å². The fraction of sp³-hybridized carbons (Fsp3) is 0.462. The molecule has 0 aliphatic rings. The molecule has 6 nitrogen and oxygen atoms in total. The van der Waals surface area contributed by atoms with Crippen molar-refractivity contribution in [3.05, 3.63) is 28.3 Å². The van der Waals surface area contributed by atoms with E-state index in [0.717, 1.165) is 0 Å². The normalized spacial score (nSPS) is 12.9. The van der Waals surface area contributed by atoms with Crippen molar-refractivity contribution in [3.8, 4) is 0 Å². The minimum atomic E-state index is -3.16. The third-order valence-corrected chi connectivity index (χ3v) is 3.95. The Labute approximate surface area is 139 Å². The molecule has 1 amide bonds. The Morgan fingerprint density at radius 3 is 2.38 bits per heavy atom. The van der Waals surface area contributed by atoms with Crippen LogP contribution in [-0.4, -0.2) is 25.5 Å². The first-order valence-corrected chi connectivity index (χ1v) is 7.16. The molecule has 2 aromatic heterocycles. The Morgan fingerprint density at radius 1 is 1.29 bits per heavy atom. The summed E-state index contributed by atoms with van der Waals surface area (Å²) in [7, 11) is 1.66. The number of hydrogen-bond acceptors (Lipinski definition) is 3. The van der Waals surface area contributed by atoms with Gasteiger partial charge >= 0.3 is 0 Å². The van der Waals surface area contributed by atoms with Gasteiger partial charge in [-0.15, -0.1) is 0 Å². The highest BCUT2D eigenvalue weighted by Crippen LogP contribution is 2.36. The van der Waals surface area contributed by atoms with Crippen molar-refractivity contribution in [3.63, 3.8) is 0 Å². The summed E-state index contributed by atoms with van der Waals surface area (Å²) in [6.07, 6.45) is -4.91. The molecule has 0 aromatic carbocycles. The van der Waals surface area contributed by atoms with Gasteiger partial charge in [-0.25, -0.2) is 22.2 Å². The minimum absolute atomic E-state index is 0.375. The Hall–Kier alpha value is -2.10. The zero-order chi connectivity index (χ0) is 18.2. The van der Waals surface area contributed by atoms with Gasteiger partial charge < -0.3 is 5.32 Å². The fourth-order valence-electron chi connectivity index (χ4n) is 2.05. The molecule has 0 saturated carbocycles. The molecule has 0 saturated heterocycles. The lowest BCUT2D eigenvalue weighted by atomic mass is 10.2. The molecule has 132 valence electrons. The van der Waals surface area contributed by atoms with Gasteiger partial charge in [-0.2, -0.15) is 10.2 Å². The number of nitrogens with one attached hydrogen (secondary N) is 1. The molecular weight excluding hydrogens is 354 g/mol. The van der Waals surface area contributed by atoms with Crippen LogP contribution in [0.25, 0.3) is 0 Å². The Balaban J connectivity index is 2.34. The number of carbonyl (C=O) groups is 1. The number of rotatable bonds is 5. The number of carbonyl (C=O) groups excluding carboxylic acids is 1. The van der Waals surface area contributed by atoms with Crippen LogP contribution in [0.4, 0.5) is 23.2 Å². The van der Waals surface area contributed by atoms with Gasteiger partial charge in [-0.05, 0) is 13.8 Å². The second-order valence-electron chi connectivity index (χ2n) is 5.06. The Kier molecular flexibility index (Phi) is 5.16. The van der Waals surface area contributed by atoms with E-state index < -0.39 is 41.2 Å². The average molecular weight is 368 g/mol. The summed E-state index contributed by atoms with van der Waals surface area (Å²) in [4.78, 5) is 12.3. The van der Waals surface area contributed by atoms with E-state index in [1.165, 1.54) is 17.8 Å². The molecule has 2 rings (SSSR count). The maximum absolute atomic E-state index is 13.1. The van der Waals surface area contributed by atoms with E-state index in [0.29, 0.717) is 16.1 Å². The molecule has 0 aliphatic heterocycles. The smallest absolute Gasteiger partial charge is 0.283 e. The van der Waals surface area contributed by atoms with E-state index in [4.69, 9.17) is 11.6 Å². The Morgan fingerprint density at radius 2 is 1.92 bits per heavy atom.